The number of nitrogens with one attached hydrogen (secondary N) is 1. The van der Waals surface area contributed by atoms with Crippen LogP contribution in [0.1, 0.15) is 290 Å². The first-order chi connectivity index (χ1) is 33.5. The molecule has 0 aromatic carbocycles. The molecule has 69 heavy (non-hydrogen) atoms. The van der Waals surface area contributed by atoms with E-state index in [-0.39, 0.29) is 19.1 Å². The van der Waals surface area contributed by atoms with Gasteiger partial charge < -0.3 is 19.8 Å². The number of rotatable bonds is 55. The maximum absolute atomic E-state index is 13.0. The summed E-state index contributed by atoms with van der Waals surface area (Å²) in [6.45, 7) is 4.91. The number of amides is 1. The van der Waals surface area contributed by atoms with Crippen LogP contribution in [0.4, 0.5) is 0 Å². The van der Waals surface area contributed by atoms with Crippen LogP contribution in [-0.2, 0) is 18.4 Å². The Hall–Kier alpha value is -1.28. The van der Waals surface area contributed by atoms with Crippen molar-refractivity contribution in [2.24, 2.45) is 0 Å². The Morgan fingerprint density at radius 1 is 0.493 bits per heavy atom. The van der Waals surface area contributed by atoms with E-state index in [0.29, 0.717) is 23.9 Å². The molecule has 0 aliphatic heterocycles. The van der Waals surface area contributed by atoms with Gasteiger partial charge in [0.15, 0.2) is 0 Å². The summed E-state index contributed by atoms with van der Waals surface area (Å²) in [6.07, 6.45) is 66.3. The van der Waals surface area contributed by atoms with Crippen molar-refractivity contribution in [3.63, 3.8) is 0 Å². The largest absolute Gasteiger partial charge is 0.472 e. The Bertz CT molecular complexity index is 1220. The molecule has 0 heterocycles. The van der Waals surface area contributed by atoms with Crippen LogP contribution in [0.5, 0.6) is 0 Å². The summed E-state index contributed by atoms with van der Waals surface area (Å²) in [5.41, 5.74) is 0. The number of carbonyl (C=O) groups excluding carboxylic acids is 1. The fourth-order valence-electron chi connectivity index (χ4n) is 8.94. The third-order valence-corrected chi connectivity index (χ3v) is 14.6. The maximum Gasteiger partial charge on any atom is 0.472 e. The summed E-state index contributed by atoms with van der Waals surface area (Å²) in [4.78, 5) is 23.4. The topological polar surface area (TPSA) is 105 Å². The van der Waals surface area contributed by atoms with E-state index in [1.54, 1.807) is 0 Å². The average molecular weight is 995 g/mol. The molecular weight excluding hydrogens is 876 g/mol. The Balaban J connectivity index is 4.14. The zero-order chi connectivity index (χ0) is 50.6. The highest BCUT2D eigenvalue weighted by Crippen LogP contribution is 2.43. The molecule has 0 radical (unpaired) electrons. The van der Waals surface area contributed by atoms with E-state index in [2.05, 4.69) is 55.6 Å². The fraction of sp³-hybridized carbons (Fsp3) is 0.883. The normalized spacial score (nSPS) is 14.1. The number of likely N-dealkylation sites (N-methyl/N-ethyl adjacent to an activating group) is 1. The van der Waals surface area contributed by atoms with Crippen molar-refractivity contribution >= 4 is 13.7 Å². The molecule has 0 aliphatic carbocycles. The number of allylic oxidation sites excluding steroid dienone is 6. The number of aliphatic hydroxyl groups excluding tert-OH is 1. The maximum atomic E-state index is 13.0. The Morgan fingerprint density at radius 3 is 1.20 bits per heavy atom. The van der Waals surface area contributed by atoms with Crippen molar-refractivity contribution in [2.75, 3.05) is 40.9 Å². The minimum Gasteiger partial charge on any atom is -0.391 e. The second-order valence-electron chi connectivity index (χ2n) is 21.7. The van der Waals surface area contributed by atoms with E-state index in [1.807, 2.05) is 21.1 Å². The van der Waals surface area contributed by atoms with Crippen LogP contribution >= 0.6 is 7.82 Å². The monoisotopic (exact) mass is 994 g/mol. The lowest BCUT2D eigenvalue weighted by atomic mass is 10.0. The van der Waals surface area contributed by atoms with Crippen LogP contribution in [-0.4, -0.2) is 73.4 Å². The number of carbonyl (C=O) groups is 1. The molecule has 8 nitrogen and oxygen atoms in total. The van der Waals surface area contributed by atoms with Crippen molar-refractivity contribution < 1.29 is 32.9 Å². The lowest BCUT2D eigenvalue weighted by molar-refractivity contribution is -0.870. The fourth-order valence-corrected chi connectivity index (χ4v) is 9.67. The summed E-state index contributed by atoms with van der Waals surface area (Å²) in [7, 11) is 1.62. The van der Waals surface area contributed by atoms with Gasteiger partial charge in [-0.05, 0) is 51.4 Å². The van der Waals surface area contributed by atoms with E-state index >= 15 is 0 Å². The second-order valence-corrected chi connectivity index (χ2v) is 23.2. The predicted molar refractivity (Wildman–Crippen MR) is 300 cm³/mol. The first kappa shape index (κ1) is 67.7. The molecule has 9 heteroatoms. The Labute approximate surface area is 429 Å². The van der Waals surface area contributed by atoms with Crippen molar-refractivity contribution in [3.05, 3.63) is 36.5 Å². The molecule has 3 atom stereocenters. The SMILES string of the molecule is CCCCCCC/C=C\C/C=C\C/C=C\CCCCCCCCCCCCCCC(=O)NC(COP(=O)(O)OCC[N+](C)(C)C)C(O)CCCCCCCCCCCCCCCCCCCCCC. The summed E-state index contributed by atoms with van der Waals surface area (Å²) < 4.78 is 23.8. The molecule has 0 rings (SSSR count). The summed E-state index contributed by atoms with van der Waals surface area (Å²) in [5, 5.41) is 14.1. The van der Waals surface area contributed by atoms with Gasteiger partial charge in [0.2, 0.25) is 5.91 Å². The number of hydrogen-bond donors (Lipinski definition) is 3. The van der Waals surface area contributed by atoms with Crippen LogP contribution in [0.25, 0.3) is 0 Å². The zero-order valence-corrected chi connectivity index (χ0v) is 47.5. The molecule has 0 fully saturated rings. The van der Waals surface area contributed by atoms with Crippen molar-refractivity contribution in [2.45, 2.75) is 302 Å². The zero-order valence-electron chi connectivity index (χ0n) is 46.6. The van der Waals surface area contributed by atoms with Gasteiger partial charge in [-0.3, -0.25) is 13.8 Å². The number of nitrogens with zero attached hydrogens (tertiary/aromatic N) is 1. The molecule has 0 spiro atoms. The highest BCUT2D eigenvalue weighted by atomic mass is 31.2. The van der Waals surface area contributed by atoms with Gasteiger partial charge in [0.1, 0.15) is 13.2 Å². The molecular formula is C60H118N2O6P+. The smallest absolute Gasteiger partial charge is 0.391 e. The molecule has 3 unspecified atom stereocenters. The Morgan fingerprint density at radius 2 is 0.826 bits per heavy atom. The van der Waals surface area contributed by atoms with Gasteiger partial charge in [-0.1, -0.05) is 269 Å². The molecule has 408 valence electrons. The van der Waals surface area contributed by atoms with Crippen LogP contribution in [0, 0.1) is 0 Å². The Kier molecular flexibility index (Phi) is 50.7. The van der Waals surface area contributed by atoms with Gasteiger partial charge in [0, 0.05) is 6.42 Å². The van der Waals surface area contributed by atoms with Gasteiger partial charge in [-0.2, -0.15) is 0 Å². The van der Waals surface area contributed by atoms with E-state index in [4.69, 9.17) is 9.05 Å². The van der Waals surface area contributed by atoms with Gasteiger partial charge in [0.25, 0.3) is 0 Å². The number of phosphoric ester groups is 1. The minimum atomic E-state index is -4.32. The molecule has 0 saturated carbocycles. The van der Waals surface area contributed by atoms with E-state index in [1.165, 1.54) is 212 Å². The summed E-state index contributed by atoms with van der Waals surface area (Å²) in [5.74, 6) is -0.143. The molecule has 0 bridgehead atoms. The van der Waals surface area contributed by atoms with E-state index in [0.717, 1.165) is 51.4 Å². The third kappa shape index (κ3) is 54.3. The minimum absolute atomic E-state index is 0.0749. The standard InChI is InChI=1S/C60H117N2O6P/c1-6-8-10-12-14-16-18-20-22-24-26-28-29-30-31-32-33-34-36-38-40-42-44-46-48-50-52-54-60(64)61-58(57-68-69(65,66)67-56-55-62(3,4)5)59(63)53-51-49-47-45-43-41-39-37-35-27-25-23-21-19-17-15-13-11-9-7-2/h18,20,24,26,29-30,58-59,63H,6-17,19,21-23,25,27-28,31-57H2,1-5H3,(H-,61,64,65,66)/p+1/b20-18-,26-24-,30-29-. The van der Waals surface area contributed by atoms with Crippen LogP contribution in [0.2, 0.25) is 0 Å². The molecule has 0 saturated heterocycles. The van der Waals surface area contributed by atoms with Crippen LogP contribution < -0.4 is 5.32 Å². The second kappa shape index (κ2) is 51.6. The van der Waals surface area contributed by atoms with Crippen LogP contribution in [0.15, 0.2) is 36.5 Å². The van der Waals surface area contributed by atoms with Gasteiger partial charge in [-0.15, -0.1) is 0 Å². The highest BCUT2D eigenvalue weighted by Gasteiger charge is 2.28. The van der Waals surface area contributed by atoms with Gasteiger partial charge in [0.05, 0.1) is 39.9 Å². The van der Waals surface area contributed by atoms with Crippen LogP contribution in [0.3, 0.4) is 0 Å². The lowest BCUT2D eigenvalue weighted by Gasteiger charge is -2.26. The lowest BCUT2D eigenvalue weighted by Crippen LogP contribution is -2.46. The average Bonchev–Trinajstić information content (AvgIpc) is 3.31. The first-order valence-corrected chi connectivity index (χ1v) is 31.3. The van der Waals surface area contributed by atoms with Gasteiger partial charge in [-0.25, -0.2) is 4.57 Å². The van der Waals surface area contributed by atoms with E-state index < -0.39 is 20.0 Å². The van der Waals surface area contributed by atoms with E-state index in [9.17, 15) is 19.4 Å². The molecule has 0 aromatic rings. The number of hydrogen-bond acceptors (Lipinski definition) is 5. The van der Waals surface area contributed by atoms with Gasteiger partial charge >= 0.3 is 7.82 Å². The molecule has 0 aromatic heterocycles. The molecule has 3 N–H and O–H groups in total. The highest BCUT2D eigenvalue weighted by molar-refractivity contribution is 7.47. The number of phosphoric acid groups is 1. The molecule has 0 aliphatic rings. The summed E-state index contributed by atoms with van der Waals surface area (Å²) >= 11 is 0. The quantitative estimate of drug-likeness (QED) is 0.0243. The first-order valence-electron chi connectivity index (χ1n) is 29.9. The third-order valence-electron chi connectivity index (χ3n) is 13.6. The number of aliphatic hydroxyl groups is 1. The summed E-state index contributed by atoms with van der Waals surface area (Å²) in [6, 6.07) is -0.762. The van der Waals surface area contributed by atoms with Crippen molar-refractivity contribution in [3.8, 4) is 0 Å². The van der Waals surface area contributed by atoms with Crippen molar-refractivity contribution in [1.29, 1.82) is 0 Å². The number of quaternary nitrogens is 1. The number of unbranched alkanes of at least 4 members (excludes halogenated alkanes) is 36. The van der Waals surface area contributed by atoms with Crippen molar-refractivity contribution in [1.82, 2.24) is 5.32 Å². The molecule has 1 amide bonds. The predicted octanol–water partition coefficient (Wildman–Crippen LogP) is 18.2.